The number of ether oxygens (including phenoxy) is 8. The summed E-state index contributed by atoms with van der Waals surface area (Å²) >= 11 is 2.24. The van der Waals surface area contributed by atoms with Gasteiger partial charge in [-0.3, -0.25) is 19.2 Å². The number of nitriles is 2. The van der Waals surface area contributed by atoms with E-state index in [1.165, 1.54) is 0 Å². The van der Waals surface area contributed by atoms with Gasteiger partial charge in [0.25, 0.3) is 0 Å². The number of thioether (sulfide) groups is 2. The molecule has 2 aromatic rings. The molecular formula is C54H62N2O14S2. The molecule has 72 heavy (non-hydrogen) atoms. The second-order valence-electron chi connectivity index (χ2n) is 18.8. The van der Waals surface area contributed by atoms with E-state index < -0.39 is 35.7 Å². The van der Waals surface area contributed by atoms with Gasteiger partial charge in [0.05, 0.1) is 76.3 Å². The van der Waals surface area contributed by atoms with Crippen molar-refractivity contribution < 1.29 is 66.7 Å². The quantitative estimate of drug-likeness (QED) is 0.0300. The topological polar surface area (TPSA) is 224 Å². The van der Waals surface area contributed by atoms with Crippen LogP contribution in [0.25, 0.3) is 10.8 Å². The molecule has 0 unspecified atom stereocenters. The fraction of sp³-hybridized carbons (Fsp3) is 0.556. The summed E-state index contributed by atoms with van der Waals surface area (Å²) in [6, 6.07) is 11.0. The molecule has 2 aromatic carbocycles. The Morgan fingerprint density at radius 1 is 0.514 bits per heavy atom. The van der Waals surface area contributed by atoms with Gasteiger partial charge in [-0.05, 0) is 103 Å². The predicted octanol–water partition coefficient (Wildman–Crippen LogP) is 9.70. The highest BCUT2D eigenvalue weighted by Gasteiger charge is 2.39. The number of rotatable bonds is 20. The minimum Gasteiger partial charge on any atom is -0.462 e. The van der Waals surface area contributed by atoms with Crippen LogP contribution in [-0.4, -0.2) is 86.7 Å². The second kappa shape index (κ2) is 26.9. The van der Waals surface area contributed by atoms with Gasteiger partial charge in [0.2, 0.25) is 0 Å². The lowest BCUT2D eigenvalue weighted by molar-refractivity contribution is -0.160. The van der Waals surface area contributed by atoms with Crippen molar-refractivity contribution in [1.82, 2.24) is 0 Å². The number of carbonyl (C=O) groups excluding carboxylic acids is 6. The van der Waals surface area contributed by atoms with Crippen molar-refractivity contribution >= 4 is 70.1 Å². The average Bonchev–Trinajstić information content (AvgIpc) is 3.85. The molecular weight excluding hydrogens is 965 g/mol. The maximum absolute atomic E-state index is 14.0. The first-order valence-corrected chi connectivity index (χ1v) is 26.8. The lowest BCUT2D eigenvalue weighted by Gasteiger charge is -2.31. The molecule has 0 amide bonds. The molecule has 4 saturated carbocycles. The van der Waals surface area contributed by atoms with Crippen molar-refractivity contribution in [1.29, 1.82) is 10.5 Å². The minimum absolute atomic E-state index is 0.0585. The summed E-state index contributed by atoms with van der Waals surface area (Å²) in [5.74, 6) is -3.51. The maximum Gasteiger partial charge on any atom is 0.330 e. The van der Waals surface area contributed by atoms with Crippen molar-refractivity contribution in [2.45, 2.75) is 150 Å². The molecule has 0 N–H and O–H groups in total. The molecule has 0 spiro atoms. The highest BCUT2D eigenvalue weighted by Crippen LogP contribution is 2.62. The van der Waals surface area contributed by atoms with E-state index in [1.807, 2.05) is 12.1 Å². The lowest BCUT2D eigenvalue weighted by Crippen LogP contribution is -2.33. The van der Waals surface area contributed by atoms with Gasteiger partial charge in [-0.25, -0.2) is 9.59 Å². The van der Waals surface area contributed by atoms with E-state index in [1.54, 1.807) is 24.3 Å². The van der Waals surface area contributed by atoms with Gasteiger partial charge < -0.3 is 37.9 Å². The van der Waals surface area contributed by atoms with Gasteiger partial charge >= 0.3 is 35.8 Å². The number of hydrogen-bond acceptors (Lipinski definition) is 18. The molecule has 0 radical (unpaired) electrons. The van der Waals surface area contributed by atoms with Crippen molar-refractivity contribution in [3.63, 3.8) is 0 Å². The van der Waals surface area contributed by atoms with E-state index in [2.05, 4.69) is 13.2 Å². The zero-order valence-electron chi connectivity index (χ0n) is 40.5. The highest BCUT2D eigenvalue weighted by molar-refractivity contribution is 8.24. The standard InChI is InChI=1S/C54H62N2O14S2/c1-3-44(57)65-29-7-27-63-38-19-23-40(24-20-38)67-50(59)33-11-15-35(16-12-33)52(61)69-46-42-9-5-6-10-43(42)47(49-48(46)71-54(72-49)37(31-55)32-56)70-53(62)36-17-13-34(14-18-36)51(60)68-41-25-21-39(22-26-41)64-28-8-30-66-45(58)4-2/h3-6,9-10,33-36,38-41H,1-2,7-8,11-30H2. The van der Waals surface area contributed by atoms with Gasteiger partial charge in [0, 0.05) is 35.8 Å². The van der Waals surface area contributed by atoms with Gasteiger partial charge in [0.15, 0.2) is 11.5 Å². The fourth-order valence-corrected chi connectivity index (χ4v) is 12.4. The van der Waals surface area contributed by atoms with Crippen LogP contribution in [0.1, 0.15) is 116 Å². The third-order valence-electron chi connectivity index (χ3n) is 14.0. The van der Waals surface area contributed by atoms with Crippen molar-refractivity contribution in [2.75, 3.05) is 26.4 Å². The molecule has 384 valence electrons. The summed E-state index contributed by atoms with van der Waals surface area (Å²) < 4.78 is 46.6. The van der Waals surface area contributed by atoms with E-state index in [9.17, 15) is 39.3 Å². The van der Waals surface area contributed by atoms with Crippen LogP contribution in [0.15, 0.2) is 69.2 Å². The normalized spacial score (nSPS) is 24.8. The Kier molecular flexibility index (Phi) is 20.2. The van der Waals surface area contributed by atoms with E-state index in [4.69, 9.17) is 37.9 Å². The number of fused-ring (bicyclic) bond motifs is 2. The first-order valence-electron chi connectivity index (χ1n) is 25.1. The molecule has 0 bridgehead atoms. The molecule has 5 aliphatic rings. The zero-order chi connectivity index (χ0) is 51.0. The summed E-state index contributed by atoms with van der Waals surface area (Å²) in [6.45, 7) is 8.23. The largest absolute Gasteiger partial charge is 0.462 e. The van der Waals surface area contributed by atoms with Crippen LogP contribution in [0, 0.1) is 46.3 Å². The zero-order valence-corrected chi connectivity index (χ0v) is 42.1. The fourth-order valence-electron chi connectivity index (χ4n) is 9.88. The van der Waals surface area contributed by atoms with Crippen LogP contribution in [0.2, 0.25) is 0 Å². The van der Waals surface area contributed by atoms with Gasteiger partial charge in [-0.15, -0.1) is 0 Å². The summed E-state index contributed by atoms with van der Waals surface area (Å²) in [5, 5.41) is 20.7. The Morgan fingerprint density at radius 3 is 1.21 bits per heavy atom. The molecule has 1 heterocycles. The van der Waals surface area contributed by atoms with E-state index in [0.717, 1.165) is 61.4 Å². The van der Waals surface area contributed by atoms with Gasteiger partial charge in [-0.1, -0.05) is 60.9 Å². The first kappa shape index (κ1) is 54.1. The van der Waals surface area contributed by atoms with Crippen molar-refractivity contribution in [3.8, 4) is 23.6 Å². The van der Waals surface area contributed by atoms with Crippen LogP contribution in [0.3, 0.4) is 0 Å². The third kappa shape index (κ3) is 14.5. The van der Waals surface area contributed by atoms with E-state index in [-0.39, 0.29) is 78.5 Å². The Balaban J connectivity index is 0.909. The van der Waals surface area contributed by atoms with Crippen molar-refractivity contribution in [3.05, 3.63) is 59.4 Å². The van der Waals surface area contributed by atoms with Gasteiger partial charge in [0.1, 0.15) is 29.9 Å². The van der Waals surface area contributed by atoms with Crippen LogP contribution < -0.4 is 9.47 Å². The van der Waals surface area contributed by atoms with E-state index in [0.29, 0.717) is 128 Å². The first-order chi connectivity index (χ1) is 35.0. The number of hydrogen-bond donors (Lipinski definition) is 0. The Labute approximate surface area is 428 Å². The number of nitrogens with zero attached hydrogens (tertiary/aromatic N) is 2. The van der Waals surface area contributed by atoms with Crippen LogP contribution >= 0.6 is 23.5 Å². The average molecular weight is 1030 g/mol. The maximum atomic E-state index is 14.0. The molecule has 4 aliphatic carbocycles. The second-order valence-corrected chi connectivity index (χ2v) is 21.1. The SMILES string of the molecule is C=CC(=O)OCCCOC1CCC(OC(=O)C2CCC(C(=O)Oc3c4c(c(OC(=O)C5CCC(C(=O)OC6CCC(OCCCOC(=O)C=C)CC6)CC5)c5ccccc35)SC(=C(C#N)C#N)S4)CC2)CC1. The minimum atomic E-state index is -0.488. The van der Waals surface area contributed by atoms with Gasteiger partial charge in [-0.2, -0.15) is 10.5 Å². The van der Waals surface area contributed by atoms with Crippen LogP contribution in [0.5, 0.6) is 11.5 Å². The molecule has 0 atom stereocenters. The molecule has 0 aromatic heterocycles. The number of carbonyl (C=O) groups is 6. The summed E-state index contributed by atoms with van der Waals surface area (Å²) in [5.41, 5.74) is -0.126. The molecule has 16 nitrogen and oxygen atoms in total. The molecule has 7 rings (SSSR count). The van der Waals surface area contributed by atoms with Crippen LogP contribution in [0.4, 0.5) is 0 Å². The monoisotopic (exact) mass is 1030 g/mol. The Hall–Kier alpha value is -5.66. The molecule has 18 heteroatoms. The Bertz CT molecular complexity index is 2280. The van der Waals surface area contributed by atoms with Crippen molar-refractivity contribution in [2.24, 2.45) is 23.7 Å². The third-order valence-corrected chi connectivity index (χ3v) is 16.6. The molecule has 1 aliphatic heterocycles. The van der Waals surface area contributed by atoms with E-state index >= 15 is 0 Å². The Morgan fingerprint density at radius 2 is 0.861 bits per heavy atom. The summed E-state index contributed by atoms with van der Waals surface area (Å²) in [6.07, 6.45) is 12.5. The molecule has 0 saturated heterocycles. The lowest BCUT2D eigenvalue weighted by atomic mass is 9.82. The number of esters is 6. The summed E-state index contributed by atoms with van der Waals surface area (Å²) in [7, 11) is 0. The van der Waals surface area contributed by atoms with Crippen LogP contribution in [-0.2, 0) is 57.2 Å². The smallest absolute Gasteiger partial charge is 0.330 e. The number of allylic oxidation sites excluding steroid dienone is 1. The highest BCUT2D eigenvalue weighted by atomic mass is 32.2. The summed E-state index contributed by atoms with van der Waals surface area (Å²) in [4.78, 5) is 77.9. The molecule has 4 fully saturated rings. The number of benzene rings is 2. The predicted molar refractivity (Wildman–Crippen MR) is 264 cm³/mol.